The first-order valence-corrected chi connectivity index (χ1v) is 5.64. The number of nitrogens with two attached hydrogens (primary N) is 1. The number of amides is 1. The quantitative estimate of drug-likeness (QED) is 0.764. The van der Waals surface area contributed by atoms with Crippen molar-refractivity contribution in [1.29, 1.82) is 0 Å². The fourth-order valence-corrected chi connectivity index (χ4v) is 2.33. The molecule has 1 saturated heterocycles. The summed E-state index contributed by atoms with van der Waals surface area (Å²) in [6.45, 7) is 1.24. The molecule has 1 aromatic heterocycles. The number of rotatable bonds is 2. The minimum Gasteiger partial charge on any atom is -0.356 e. The van der Waals surface area contributed by atoms with Crippen molar-refractivity contribution in [1.82, 2.24) is 10.3 Å². The standard InChI is InChI=1S/C12H17N3O/c13-9-12(10-3-1-5-14-8-10)4-2-6-15-11(16)7-12/h1,3,5,8H,2,4,6-7,9,13H2,(H,15,16). The molecule has 2 heterocycles. The van der Waals surface area contributed by atoms with Crippen molar-refractivity contribution in [3.05, 3.63) is 30.1 Å². The molecule has 3 N–H and O–H groups in total. The Bertz CT molecular complexity index is 366. The Morgan fingerprint density at radius 2 is 2.44 bits per heavy atom. The second-order valence-corrected chi connectivity index (χ2v) is 4.36. The number of carbonyl (C=O) groups is 1. The second-order valence-electron chi connectivity index (χ2n) is 4.36. The summed E-state index contributed by atoms with van der Waals surface area (Å²) in [6, 6.07) is 3.91. The lowest BCUT2D eigenvalue weighted by Crippen LogP contribution is -2.38. The third kappa shape index (κ3) is 2.07. The Kier molecular flexibility index (Phi) is 3.19. The number of pyridine rings is 1. The molecule has 1 aliphatic heterocycles. The van der Waals surface area contributed by atoms with Crippen LogP contribution in [0.15, 0.2) is 24.5 Å². The molecule has 2 rings (SSSR count). The van der Waals surface area contributed by atoms with E-state index in [0.29, 0.717) is 13.0 Å². The van der Waals surface area contributed by atoms with Gasteiger partial charge in [0.25, 0.3) is 0 Å². The summed E-state index contributed by atoms with van der Waals surface area (Å²) in [4.78, 5) is 15.8. The van der Waals surface area contributed by atoms with E-state index in [2.05, 4.69) is 10.3 Å². The zero-order valence-electron chi connectivity index (χ0n) is 9.28. The molecule has 86 valence electrons. The van der Waals surface area contributed by atoms with E-state index in [4.69, 9.17) is 5.73 Å². The van der Waals surface area contributed by atoms with Crippen molar-refractivity contribution >= 4 is 5.91 Å². The predicted molar refractivity (Wildman–Crippen MR) is 61.8 cm³/mol. The SMILES string of the molecule is NCC1(c2cccnc2)CCCNC(=O)C1. The Morgan fingerprint density at radius 1 is 1.56 bits per heavy atom. The molecule has 0 aliphatic carbocycles. The van der Waals surface area contributed by atoms with Crippen LogP contribution in [0.4, 0.5) is 0 Å². The number of nitrogens with zero attached hydrogens (tertiary/aromatic N) is 1. The van der Waals surface area contributed by atoms with Gasteiger partial charge < -0.3 is 11.1 Å². The summed E-state index contributed by atoms with van der Waals surface area (Å²) in [6.07, 6.45) is 5.94. The van der Waals surface area contributed by atoms with E-state index in [1.807, 2.05) is 18.3 Å². The van der Waals surface area contributed by atoms with Crippen LogP contribution in [0, 0.1) is 0 Å². The number of hydrogen-bond donors (Lipinski definition) is 2. The van der Waals surface area contributed by atoms with Crippen molar-refractivity contribution in [2.45, 2.75) is 24.7 Å². The van der Waals surface area contributed by atoms with Crippen LogP contribution in [-0.4, -0.2) is 24.0 Å². The van der Waals surface area contributed by atoms with Crippen LogP contribution in [0.3, 0.4) is 0 Å². The van der Waals surface area contributed by atoms with Crippen molar-refractivity contribution in [2.24, 2.45) is 5.73 Å². The zero-order chi connectivity index (χ0) is 11.4. The van der Waals surface area contributed by atoms with Crippen LogP contribution in [0.25, 0.3) is 0 Å². The van der Waals surface area contributed by atoms with E-state index in [0.717, 1.165) is 24.9 Å². The van der Waals surface area contributed by atoms with Crippen LogP contribution < -0.4 is 11.1 Å². The molecule has 4 heteroatoms. The van der Waals surface area contributed by atoms with Gasteiger partial charge in [0.2, 0.25) is 5.91 Å². The van der Waals surface area contributed by atoms with Gasteiger partial charge in [-0.25, -0.2) is 0 Å². The zero-order valence-corrected chi connectivity index (χ0v) is 9.28. The molecule has 0 aromatic carbocycles. The topological polar surface area (TPSA) is 68.0 Å². The third-order valence-corrected chi connectivity index (χ3v) is 3.32. The van der Waals surface area contributed by atoms with E-state index in [-0.39, 0.29) is 11.3 Å². The van der Waals surface area contributed by atoms with E-state index >= 15 is 0 Å². The molecule has 1 atom stereocenters. The van der Waals surface area contributed by atoms with E-state index in [1.54, 1.807) is 6.20 Å². The van der Waals surface area contributed by atoms with Gasteiger partial charge in [0, 0.05) is 37.3 Å². The van der Waals surface area contributed by atoms with Crippen LogP contribution in [0.5, 0.6) is 0 Å². The van der Waals surface area contributed by atoms with Gasteiger partial charge in [-0.2, -0.15) is 0 Å². The second kappa shape index (κ2) is 4.61. The molecular formula is C12H17N3O. The summed E-state index contributed by atoms with van der Waals surface area (Å²) in [7, 11) is 0. The van der Waals surface area contributed by atoms with Gasteiger partial charge in [0.05, 0.1) is 0 Å². The molecule has 0 bridgehead atoms. The molecule has 1 aliphatic rings. The highest BCUT2D eigenvalue weighted by atomic mass is 16.1. The average Bonchev–Trinajstić information content (AvgIpc) is 2.53. The smallest absolute Gasteiger partial charge is 0.220 e. The highest BCUT2D eigenvalue weighted by Crippen LogP contribution is 2.32. The summed E-state index contributed by atoms with van der Waals surface area (Å²) < 4.78 is 0. The van der Waals surface area contributed by atoms with E-state index in [9.17, 15) is 4.79 Å². The van der Waals surface area contributed by atoms with Gasteiger partial charge in [0.1, 0.15) is 0 Å². The lowest BCUT2D eigenvalue weighted by Gasteiger charge is -2.30. The monoisotopic (exact) mass is 219 g/mol. The molecule has 1 unspecified atom stereocenters. The Morgan fingerprint density at radius 3 is 3.12 bits per heavy atom. The molecular weight excluding hydrogens is 202 g/mol. The van der Waals surface area contributed by atoms with Crippen molar-refractivity contribution in [2.75, 3.05) is 13.1 Å². The summed E-state index contributed by atoms with van der Waals surface area (Å²) in [5.41, 5.74) is 6.75. The van der Waals surface area contributed by atoms with Gasteiger partial charge in [-0.05, 0) is 24.5 Å². The summed E-state index contributed by atoms with van der Waals surface area (Å²) >= 11 is 0. The minimum absolute atomic E-state index is 0.0896. The first-order chi connectivity index (χ1) is 7.77. The van der Waals surface area contributed by atoms with Crippen molar-refractivity contribution < 1.29 is 4.79 Å². The number of aromatic nitrogens is 1. The molecule has 1 amide bonds. The molecule has 1 aromatic rings. The lowest BCUT2D eigenvalue weighted by atomic mass is 9.75. The maximum atomic E-state index is 11.6. The van der Waals surface area contributed by atoms with Gasteiger partial charge >= 0.3 is 0 Å². The van der Waals surface area contributed by atoms with Gasteiger partial charge in [-0.3, -0.25) is 9.78 Å². The fourth-order valence-electron chi connectivity index (χ4n) is 2.33. The minimum atomic E-state index is -0.227. The predicted octanol–water partition coefficient (Wildman–Crippen LogP) is 0.578. The van der Waals surface area contributed by atoms with Gasteiger partial charge in [-0.1, -0.05) is 6.07 Å². The van der Waals surface area contributed by atoms with Crippen LogP contribution in [-0.2, 0) is 10.2 Å². The number of hydrogen-bond acceptors (Lipinski definition) is 3. The van der Waals surface area contributed by atoms with E-state index in [1.165, 1.54) is 0 Å². The Labute approximate surface area is 95.3 Å². The van der Waals surface area contributed by atoms with Crippen molar-refractivity contribution in [3.8, 4) is 0 Å². The fraction of sp³-hybridized carbons (Fsp3) is 0.500. The maximum Gasteiger partial charge on any atom is 0.220 e. The largest absolute Gasteiger partial charge is 0.356 e. The highest BCUT2D eigenvalue weighted by Gasteiger charge is 2.34. The lowest BCUT2D eigenvalue weighted by molar-refractivity contribution is -0.121. The first-order valence-electron chi connectivity index (χ1n) is 5.64. The number of nitrogens with one attached hydrogen (secondary N) is 1. The van der Waals surface area contributed by atoms with Crippen LogP contribution in [0.2, 0.25) is 0 Å². The normalized spacial score (nSPS) is 25.9. The molecule has 0 spiro atoms. The summed E-state index contributed by atoms with van der Waals surface area (Å²) in [5, 5.41) is 2.89. The molecule has 0 saturated carbocycles. The van der Waals surface area contributed by atoms with Gasteiger partial charge in [-0.15, -0.1) is 0 Å². The highest BCUT2D eigenvalue weighted by molar-refractivity contribution is 5.78. The molecule has 0 radical (unpaired) electrons. The Hall–Kier alpha value is -1.42. The summed E-state index contributed by atoms with van der Waals surface area (Å²) in [5.74, 6) is 0.0896. The molecule has 4 nitrogen and oxygen atoms in total. The maximum absolute atomic E-state index is 11.6. The van der Waals surface area contributed by atoms with Crippen molar-refractivity contribution in [3.63, 3.8) is 0 Å². The first kappa shape index (κ1) is 11.1. The third-order valence-electron chi connectivity index (χ3n) is 3.32. The van der Waals surface area contributed by atoms with Crippen LogP contribution >= 0.6 is 0 Å². The average molecular weight is 219 g/mol. The van der Waals surface area contributed by atoms with Gasteiger partial charge in [0.15, 0.2) is 0 Å². The molecule has 1 fully saturated rings. The Balaban J connectivity index is 2.33. The number of carbonyl (C=O) groups excluding carboxylic acids is 1. The van der Waals surface area contributed by atoms with Crippen LogP contribution in [0.1, 0.15) is 24.8 Å². The molecule has 16 heavy (non-hydrogen) atoms. The van der Waals surface area contributed by atoms with E-state index < -0.39 is 0 Å².